The van der Waals surface area contributed by atoms with Crippen LogP contribution in [0.4, 0.5) is 5.95 Å². The first-order valence-corrected chi connectivity index (χ1v) is 8.31. The summed E-state index contributed by atoms with van der Waals surface area (Å²) in [5.74, 6) is 1.20. The van der Waals surface area contributed by atoms with Crippen LogP contribution in [0.3, 0.4) is 0 Å². The van der Waals surface area contributed by atoms with Gasteiger partial charge in [-0.25, -0.2) is 19.9 Å². The van der Waals surface area contributed by atoms with Gasteiger partial charge in [0.25, 0.3) is 5.91 Å². The van der Waals surface area contributed by atoms with Gasteiger partial charge < -0.3 is 15.3 Å². The lowest BCUT2D eigenvalue weighted by Crippen LogP contribution is -2.45. The molecule has 2 N–H and O–H groups in total. The summed E-state index contributed by atoms with van der Waals surface area (Å²) in [6.45, 7) is 5.16. The van der Waals surface area contributed by atoms with Crippen molar-refractivity contribution in [1.82, 2.24) is 25.3 Å². The van der Waals surface area contributed by atoms with Crippen LogP contribution in [0.25, 0.3) is 0 Å². The Hall–Kier alpha value is -2.61. The molecule has 0 spiro atoms. The number of nitrogens with zero attached hydrogens (tertiary/aromatic N) is 5. The Balaban J connectivity index is 1.56. The molecule has 3 rings (SSSR count). The Bertz CT molecular complexity index is 722. The number of hydrogen-bond acceptors (Lipinski definition) is 7. The van der Waals surface area contributed by atoms with Crippen molar-refractivity contribution in [3.8, 4) is 0 Å². The molecule has 25 heavy (non-hydrogen) atoms. The molecule has 8 heteroatoms. The van der Waals surface area contributed by atoms with Crippen LogP contribution >= 0.6 is 0 Å². The van der Waals surface area contributed by atoms with Crippen LogP contribution in [0.1, 0.15) is 42.4 Å². The Kier molecular flexibility index (Phi) is 4.89. The molecule has 0 aromatic carbocycles. The minimum absolute atomic E-state index is 0.154. The molecule has 1 aliphatic heterocycles. The molecule has 1 atom stereocenters. The van der Waals surface area contributed by atoms with E-state index < -0.39 is 5.60 Å². The normalized spacial score (nSPS) is 20.1. The summed E-state index contributed by atoms with van der Waals surface area (Å²) in [4.78, 5) is 30.9. The van der Waals surface area contributed by atoms with Crippen molar-refractivity contribution in [2.75, 3.05) is 24.5 Å². The lowest BCUT2D eigenvalue weighted by Gasteiger charge is -2.23. The third kappa shape index (κ3) is 4.08. The molecule has 1 unspecified atom stereocenters. The smallest absolute Gasteiger partial charge is 0.254 e. The summed E-state index contributed by atoms with van der Waals surface area (Å²) >= 11 is 0. The minimum atomic E-state index is -1.01. The first-order valence-electron chi connectivity index (χ1n) is 8.31. The molecule has 2 aromatic heterocycles. The fraction of sp³-hybridized carbons (Fsp3) is 0.471. The maximum atomic E-state index is 12.2. The zero-order valence-corrected chi connectivity index (χ0v) is 14.4. The summed E-state index contributed by atoms with van der Waals surface area (Å²) in [6, 6.07) is 1.75. The highest BCUT2D eigenvalue weighted by Gasteiger charge is 2.37. The van der Waals surface area contributed by atoms with Gasteiger partial charge in [-0.15, -0.1) is 0 Å². The van der Waals surface area contributed by atoms with E-state index in [0.29, 0.717) is 36.8 Å². The molecule has 1 aliphatic rings. The van der Waals surface area contributed by atoms with Gasteiger partial charge in [0.1, 0.15) is 11.4 Å². The molecule has 0 aliphatic carbocycles. The minimum Gasteiger partial charge on any atom is -0.386 e. The molecule has 132 valence electrons. The van der Waals surface area contributed by atoms with Gasteiger partial charge in [0.2, 0.25) is 5.95 Å². The molecule has 1 saturated heterocycles. The van der Waals surface area contributed by atoms with Gasteiger partial charge in [0.05, 0.1) is 12.1 Å². The van der Waals surface area contributed by atoms with Crippen molar-refractivity contribution in [2.24, 2.45) is 0 Å². The molecule has 2 aromatic rings. The van der Waals surface area contributed by atoms with E-state index in [-0.39, 0.29) is 18.4 Å². The van der Waals surface area contributed by atoms with Gasteiger partial charge in [-0.05, 0) is 12.5 Å². The molecular weight excluding hydrogens is 320 g/mol. The second kappa shape index (κ2) is 7.10. The number of anilines is 1. The topological polar surface area (TPSA) is 104 Å². The summed E-state index contributed by atoms with van der Waals surface area (Å²) in [5.41, 5.74) is -0.623. The lowest BCUT2D eigenvalue weighted by molar-refractivity contribution is 0.0575. The Morgan fingerprint density at radius 1 is 1.28 bits per heavy atom. The predicted octanol–water partition coefficient (Wildman–Crippen LogP) is 0.761. The van der Waals surface area contributed by atoms with Gasteiger partial charge in [-0.1, -0.05) is 13.8 Å². The fourth-order valence-electron chi connectivity index (χ4n) is 2.73. The Labute approximate surface area is 146 Å². The van der Waals surface area contributed by atoms with Crippen LogP contribution in [0.5, 0.6) is 0 Å². The molecule has 8 nitrogen and oxygen atoms in total. The van der Waals surface area contributed by atoms with Crippen molar-refractivity contribution in [3.63, 3.8) is 0 Å². The quantitative estimate of drug-likeness (QED) is 0.826. The molecule has 0 saturated carbocycles. The summed E-state index contributed by atoms with van der Waals surface area (Å²) in [6.07, 6.45) is 6.90. The first-order chi connectivity index (χ1) is 12.0. The van der Waals surface area contributed by atoms with Gasteiger partial charge in [-0.3, -0.25) is 4.79 Å². The van der Waals surface area contributed by atoms with Crippen molar-refractivity contribution in [1.29, 1.82) is 0 Å². The highest BCUT2D eigenvalue weighted by Crippen LogP contribution is 2.23. The number of aromatic nitrogens is 4. The van der Waals surface area contributed by atoms with E-state index in [4.69, 9.17) is 0 Å². The van der Waals surface area contributed by atoms with Crippen molar-refractivity contribution in [3.05, 3.63) is 42.2 Å². The number of carbonyl (C=O) groups is 1. The molecule has 3 heterocycles. The molecular formula is C17H22N6O2. The van der Waals surface area contributed by atoms with Crippen LogP contribution in [-0.2, 0) is 0 Å². The van der Waals surface area contributed by atoms with Gasteiger partial charge >= 0.3 is 0 Å². The average Bonchev–Trinajstić information content (AvgIpc) is 3.03. The molecule has 0 bridgehead atoms. The number of hydrogen-bond donors (Lipinski definition) is 2. The maximum absolute atomic E-state index is 12.2. The van der Waals surface area contributed by atoms with Crippen molar-refractivity contribution >= 4 is 11.9 Å². The maximum Gasteiger partial charge on any atom is 0.254 e. The lowest BCUT2D eigenvalue weighted by atomic mass is 10.0. The zero-order valence-electron chi connectivity index (χ0n) is 14.4. The van der Waals surface area contributed by atoms with E-state index in [2.05, 4.69) is 25.3 Å². The van der Waals surface area contributed by atoms with E-state index in [1.807, 2.05) is 18.7 Å². The van der Waals surface area contributed by atoms with Gasteiger partial charge in [0, 0.05) is 43.8 Å². The average molecular weight is 342 g/mol. The van der Waals surface area contributed by atoms with E-state index in [0.717, 1.165) is 0 Å². The fourth-order valence-corrected chi connectivity index (χ4v) is 2.73. The third-order valence-electron chi connectivity index (χ3n) is 4.20. The highest BCUT2D eigenvalue weighted by molar-refractivity contribution is 5.93. The van der Waals surface area contributed by atoms with E-state index in [1.165, 1.54) is 12.4 Å². The monoisotopic (exact) mass is 342 g/mol. The van der Waals surface area contributed by atoms with Gasteiger partial charge in [0.15, 0.2) is 0 Å². The van der Waals surface area contributed by atoms with Crippen LogP contribution in [-0.4, -0.2) is 56.2 Å². The van der Waals surface area contributed by atoms with Crippen LogP contribution < -0.4 is 10.2 Å². The largest absolute Gasteiger partial charge is 0.386 e. The Morgan fingerprint density at radius 2 is 1.96 bits per heavy atom. The second-order valence-corrected chi connectivity index (χ2v) is 6.61. The number of carbonyl (C=O) groups excluding carboxylic acids is 1. The highest BCUT2D eigenvalue weighted by atomic mass is 16.3. The number of rotatable bonds is 5. The summed E-state index contributed by atoms with van der Waals surface area (Å²) in [7, 11) is 0. The molecule has 1 amide bonds. The zero-order chi connectivity index (χ0) is 17.9. The number of nitrogens with one attached hydrogen (secondary N) is 1. The molecule has 1 fully saturated rings. The number of β-amino-alcohol motifs (C(OH)–C–C–N with tert-alkyl or cyclic N) is 1. The second-order valence-electron chi connectivity index (χ2n) is 6.61. The van der Waals surface area contributed by atoms with Crippen LogP contribution in [0, 0.1) is 0 Å². The standard InChI is InChI=1S/C17H22N6O2/c1-12(2)14-20-8-13(9-21-14)15(24)22-10-17(25)4-7-23(11-17)16-18-5-3-6-19-16/h3,5-6,8-9,12,25H,4,7,10-11H2,1-2H3,(H,22,24). The number of amides is 1. The molecule has 0 radical (unpaired) electrons. The Morgan fingerprint density at radius 3 is 2.60 bits per heavy atom. The van der Waals surface area contributed by atoms with Crippen molar-refractivity contribution in [2.45, 2.75) is 31.8 Å². The predicted molar refractivity (Wildman–Crippen MR) is 92.3 cm³/mol. The third-order valence-corrected chi connectivity index (χ3v) is 4.20. The van der Waals surface area contributed by atoms with Crippen LogP contribution in [0.2, 0.25) is 0 Å². The number of aliphatic hydroxyl groups is 1. The van der Waals surface area contributed by atoms with Crippen LogP contribution in [0.15, 0.2) is 30.9 Å². The van der Waals surface area contributed by atoms with E-state index >= 15 is 0 Å². The first kappa shape index (κ1) is 17.2. The SMILES string of the molecule is CC(C)c1ncc(C(=O)NCC2(O)CCN(c3ncccn3)C2)cn1. The summed E-state index contributed by atoms with van der Waals surface area (Å²) in [5, 5.41) is 13.5. The van der Waals surface area contributed by atoms with Crippen molar-refractivity contribution < 1.29 is 9.90 Å². The van der Waals surface area contributed by atoms with E-state index in [9.17, 15) is 9.90 Å². The summed E-state index contributed by atoms with van der Waals surface area (Å²) < 4.78 is 0. The van der Waals surface area contributed by atoms with Gasteiger partial charge in [-0.2, -0.15) is 0 Å². The van der Waals surface area contributed by atoms with E-state index in [1.54, 1.807) is 18.5 Å².